The highest BCUT2D eigenvalue weighted by atomic mass is 16.6. The van der Waals surface area contributed by atoms with Gasteiger partial charge in [0.15, 0.2) is 5.72 Å². The number of benzene rings is 1. The molecule has 0 bridgehead atoms. The zero-order chi connectivity index (χ0) is 13.5. The molecular weight excluding hydrogens is 244 g/mol. The minimum Gasteiger partial charge on any atom is -0.352 e. The maximum absolute atomic E-state index is 10.8. The van der Waals surface area contributed by atoms with Gasteiger partial charge in [0.25, 0.3) is 5.69 Å². The molecule has 0 amide bonds. The predicted octanol–water partition coefficient (Wildman–Crippen LogP) is 3.20. The second kappa shape index (κ2) is 4.20. The van der Waals surface area contributed by atoms with E-state index in [2.05, 4.69) is 6.08 Å². The molecule has 0 N–H and O–H groups in total. The van der Waals surface area contributed by atoms with Crippen LogP contribution in [0, 0.1) is 10.1 Å². The van der Waals surface area contributed by atoms with Crippen LogP contribution in [0.4, 0.5) is 5.69 Å². The van der Waals surface area contributed by atoms with E-state index in [-0.39, 0.29) is 10.6 Å². The van der Waals surface area contributed by atoms with Crippen LogP contribution in [0.5, 0.6) is 0 Å². The Hall–Kier alpha value is -2.14. The number of hydrogen-bond donors (Lipinski definition) is 0. The molecule has 5 heteroatoms. The molecule has 1 atom stereocenters. The molecule has 98 valence electrons. The third-order valence-corrected chi connectivity index (χ3v) is 3.47. The molecule has 1 aliphatic rings. The standard InChI is InChI=1S/C14H14N2O3/c1-14(7-2-3-9-19-14)15-8-6-11-10-12(16(17)18)4-5-13(11)15/h2,4-8,10H,3,9H2,1H3/t14-/m0/s1. The van der Waals surface area contributed by atoms with Crippen molar-refractivity contribution in [3.05, 3.63) is 52.7 Å². The van der Waals surface area contributed by atoms with Gasteiger partial charge in [-0.2, -0.15) is 0 Å². The Morgan fingerprint density at radius 2 is 2.26 bits per heavy atom. The van der Waals surface area contributed by atoms with Crippen molar-refractivity contribution < 1.29 is 9.66 Å². The number of aromatic nitrogens is 1. The molecule has 0 spiro atoms. The molecule has 3 rings (SSSR count). The molecule has 0 aliphatic carbocycles. The molecule has 0 unspecified atom stereocenters. The predicted molar refractivity (Wildman–Crippen MR) is 71.9 cm³/mol. The number of fused-ring (bicyclic) bond motifs is 1. The Morgan fingerprint density at radius 3 is 2.95 bits per heavy atom. The van der Waals surface area contributed by atoms with Crippen LogP contribution in [0.25, 0.3) is 10.9 Å². The van der Waals surface area contributed by atoms with Crippen molar-refractivity contribution in [3.8, 4) is 0 Å². The fraction of sp³-hybridized carbons (Fsp3) is 0.286. The number of nitrogens with zero attached hydrogens (tertiary/aromatic N) is 2. The van der Waals surface area contributed by atoms with E-state index in [1.165, 1.54) is 6.07 Å². The smallest absolute Gasteiger partial charge is 0.270 e. The molecule has 2 heterocycles. The Morgan fingerprint density at radius 1 is 1.42 bits per heavy atom. The first-order chi connectivity index (χ1) is 9.10. The molecule has 1 aliphatic heterocycles. The molecule has 0 fully saturated rings. The van der Waals surface area contributed by atoms with Crippen molar-refractivity contribution in [2.45, 2.75) is 19.1 Å². The lowest BCUT2D eigenvalue weighted by molar-refractivity contribution is -0.384. The summed E-state index contributed by atoms with van der Waals surface area (Å²) < 4.78 is 7.84. The van der Waals surface area contributed by atoms with Crippen molar-refractivity contribution in [2.24, 2.45) is 0 Å². The van der Waals surface area contributed by atoms with Gasteiger partial charge in [-0.05, 0) is 31.6 Å². The van der Waals surface area contributed by atoms with E-state index in [1.807, 2.05) is 29.8 Å². The van der Waals surface area contributed by atoms with Crippen LogP contribution in [0.3, 0.4) is 0 Å². The minimum atomic E-state index is -0.518. The quantitative estimate of drug-likeness (QED) is 0.472. The SMILES string of the molecule is C[C@@]1(n2ccc3cc([N+](=O)[O-])ccc32)C=CCCO1. The fourth-order valence-corrected chi connectivity index (χ4v) is 2.46. The van der Waals surface area contributed by atoms with Gasteiger partial charge in [0.1, 0.15) is 0 Å². The molecular formula is C14H14N2O3. The molecule has 1 aromatic heterocycles. The molecule has 19 heavy (non-hydrogen) atoms. The topological polar surface area (TPSA) is 57.3 Å². The minimum absolute atomic E-state index is 0.107. The summed E-state index contributed by atoms with van der Waals surface area (Å²) in [5.74, 6) is 0. The number of nitro benzene ring substituents is 1. The molecule has 5 nitrogen and oxygen atoms in total. The van der Waals surface area contributed by atoms with E-state index >= 15 is 0 Å². The Balaban J connectivity index is 2.13. The van der Waals surface area contributed by atoms with Gasteiger partial charge in [-0.3, -0.25) is 10.1 Å². The van der Waals surface area contributed by atoms with E-state index < -0.39 is 5.72 Å². The van der Waals surface area contributed by atoms with Gasteiger partial charge in [0.05, 0.1) is 17.0 Å². The maximum atomic E-state index is 10.8. The highest BCUT2D eigenvalue weighted by Crippen LogP contribution is 2.30. The number of nitro groups is 1. The fourth-order valence-electron chi connectivity index (χ4n) is 2.46. The van der Waals surface area contributed by atoms with Gasteiger partial charge in [0, 0.05) is 23.7 Å². The van der Waals surface area contributed by atoms with Gasteiger partial charge in [-0.25, -0.2) is 0 Å². The highest BCUT2D eigenvalue weighted by molar-refractivity contribution is 5.82. The summed E-state index contributed by atoms with van der Waals surface area (Å²) >= 11 is 0. The lowest BCUT2D eigenvalue weighted by Gasteiger charge is -2.32. The van der Waals surface area contributed by atoms with Gasteiger partial charge in [0.2, 0.25) is 0 Å². The summed E-state index contributed by atoms with van der Waals surface area (Å²) in [6, 6.07) is 6.75. The Kier molecular flexibility index (Phi) is 2.64. The van der Waals surface area contributed by atoms with E-state index in [1.54, 1.807) is 12.1 Å². The van der Waals surface area contributed by atoms with Crippen LogP contribution in [0.1, 0.15) is 13.3 Å². The summed E-state index contributed by atoms with van der Waals surface area (Å²) in [5.41, 5.74) is 0.519. The number of ether oxygens (including phenoxy) is 1. The van der Waals surface area contributed by atoms with Crippen LogP contribution < -0.4 is 0 Å². The first-order valence-corrected chi connectivity index (χ1v) is 6.18. The molecule has 2 aromatic rings. The zero-order valence-electron chi connectivity index (χ0n) is 10.6. The monoisotopic (exact) mass is 258 g/mol. The third-order valence-electron chi connectivity index (χ3n) is 3.47. The normalized spacial score (nSPS) is 22.8. The van der Waals surface area contributed by atoms with Crippen LogP contribution in [0.15, 0.2) is 42.6 Å². The van der Waals surface area contributed by atoms with Crippen LogP contribution >= 0.6 is 0 Å². The molecule has 0 radical (unpaired) electrons. The van der Waals surface area contributed by atoms with Crippen LogP contribution in [0.2, 0.25) is 0 Å². The van der Waals surface area contributed by atoms with E-state index in [4.69, 9.17) is 4.74 Å². The molecule has 1 aromatic carbocycles. The average molecular weight is 258 g/mol. The second-order valence-electron chi connectivity index (χ2n) is 4.78. The number of non-ortho nitro benzene ring substituents is 1. The van der Waals surface area contributed by atoms with Gasteiger partial charge < -0.3 is 9.30 Å². The third kappa shape index (κ3) is 1.92. The summed E-state index contributed by atoms with van der Waals surface area (Å²) in [5, 5.41) is 11.6. The number of rotatable bonds is 2. The second-order valence-corrected chi connectivity index (χ2v) is 4.78. The van der Waals surface area contributed by atoms with Crippen molar-refractivity contribution in [1.82, 2.24) is 4.57 Å². The summed E-state index contributed by atoms with van der Waals surface area (Å²) in [6.45, 7) is 2.67. The summed E-state index contributed by atoms with van der Waals surface area (Å²) in [7, 11) is 0. The van der Waals surface area contributed by atoms with Crippen LogP contribution in [-0.4, -0.2) is 16.1 Å². The van der Waals surface area contributed by atoms with Gasteiger partial charge in [-0.15, -0.1) is 0 Å². The lowest BCUT2D eigenvalue weighted by Crippen LogP contribution is -2.32. The zero-order valence-corrected chi connectivity index (χ0v) is 10.6. The first kappa shape index (κ1) is 11.9. The Bertz CT molecular complexity index is 674. The van der Waals surface area contributed by atoms with E-state index in [0.29, 0.717) is 6.61 Å². The van der Waals surface area contributed by atoms with Crippen LogP contribution in [-0.2, 0) is 10.5 Å². The highest BCUT2D eigenvalue weighted by Gasteiger charge is 2.27. The largest absolute Gasteiger partial charge is 0.352 e. The summed E-state index contributed by atoms with van der Waals surface area (Å²) in [4.78, 5) is 10.4. The average Bonchev–Trinajstić information content (AvgIpc) is 2.83. The van der Waals surface area contributed by atoms with E-state index in [9.17, 15) is 10.1 Å². The number of hydrogen-bond acceptors (Lipinski definition) is 3. The van der Waals surface area contributed by atoms with Gasteiger partial charge in [-0.1, -0.05) is 6.08 Å². The lowest BCUT2D eigenvalue weighted by atomic mass is 10.1. The van der Waals surface area contributed by atoms with Crippen molar-refractivity contribution >= 4 is 16.6 Å². The van der Waals surface area contributed by atoms with Crippen molar-refractivity contribution in [2.75, 3.05) is 6.61 Å². The van der Waals surface area contributed by atoms with Gasteiger partial charge >= 0.3 is 0 Å². The van der Waals surface area contributed by atoms with Crippen molar-refractivity contribution in [3.63, 3.8) is 0 Å². The maximum Gasteiger partial charge on any atom is 0.270 e. The molecule has 0 saturated carbocycles. The Labute approximate surface area is 110 Å². The first-order valence-electron chi connectivity index (χ1n) is 6.18. The van der Waals surface area contributed by atoms with E-state index in [0.717, 1.165) is 17.3 Å². The summed E-state index contributed by atoms with van der Waals surface area (Å²) in [6.07, 6.45) is 6.95. The molecule has 0 saturated heterocycles. The van der Waals surface area contributed by atoms with Crippen molar-refractivity contribution in [1.29, 1.82) is 0 Å².